The Labute approximate surface area is 131 Å². The lowest BCUT2D eigenvalue weighted by Crippen LogP contribution is -2.20. The van der Waals surface area contributed by atoms with E-state index in [1.165, 1.54) is 12.0 Å². The van der Waals surface area contributed by atoms with Crippen molar-refractivity contribution >= 4 is 17.6 Å². The summed E-state index contributed by atoms with van der Waals surface area (Å²) in [5.74, 6) is 0.227. The second-order valence-electron chi connectivity index (χ2n) is 5.93. The molecular formula is C18H23ClO2. The Morgan fingerprint density at radius 2 is 1.86 bits per heavy atom. The predicted octanol–water partition coefficient (Wildman–Crippen LogP) is 5.11. The number of rotatable bonds is 5. The zero-order valence-electron chi connectivity index (χ0n) is 12.5. The van der Waals surface area contributed by atoms with Crippen LogP contribution in [-0.4, -0.2) is 11.1 Å². The number of allylic oxidation sites excluding steroid dienone is 1. The Morgan fingerprint density at radius 3 is 2.38 bits per heavy atom. The Morgan fingerprint density at radius 1 is 1.24 bits per heavy atom. The number of carboxylic acids is 1. The summed E-state index contributed by atoms with van der Waals surface area (Å²) in [4.78, 5) is 11.2. The lowest BCUT2D eigenvalue weighted by molar-refractivity contribution is -0.133. The van der Waals surface area contributed by atoms with Crippen molar-refractivity contribution in [1.29, 1.82) is 0 Å². The van der Waals surface area contributed by atoms with Crippen molar-refractivity contribution in [2.75, 3.05) is 0 Å². The molecule has 1 N–H and O–H groups in total. The average molecular weight is 307 g/mol. The van der Waals surface area contributed by atoms with Gasteiger partial charge in [0.1, 0.15) is 0 Å². The molecule has 3 heteroatoms. The molecule has 0 atom stereocenters. The Bertz CT molecular complexity index is 496. The summed E-state index contributed by atoms with van der Waals surface area (Å²) in [5, 5.41) is 9.97. The quantitative estimate of drug-likeness (QED) is 0.767. The molecule has 1 aliphatic rings. The summed E-state index contributed by atoms with van der Waals surface area (Å²) in [6.45, 7) is 1.83. The van der Waals surface area contributed by atoms with Crippen molar-refractivity contribution in [2.24, 2.45) is 11.8 Å². The first-order valence-corrected chi connectivity index (χ1v) is 8.12. The molecule has 1 saturated carbocycles. The molecule has 0 spiro atoms. The van der Waals surface area contributed by atoms with Gasteiger partial charge in [0, 0.05) is 10.6 Å². The van der Waals surface area contributed by atoms with Crippen LogP contribution in [0.4, 0.5) is 0 Å². The fraction of sp³-hybridized carbons (Fsp3) is 0.500. The fourth-order valence-electron chi connectivity index (χ4n) is 3.32. The molecule has 2 nitrogen and oxygen atoms in total. The second kappa shape index (κ2) is 7.65. The van der Waals surface area contributed by atoms with Crippen molar-refractivity contribution in [1.82, 2.24) is 0 Å². The van der Waals surface area contributed by atoms with E-state index in [4.69, 9.17) is 11.6 Å². The lowest BCUT2D eigenvalue weighted by Gasteiger charge is -2.29. The van der Waals surface area contributed by atoms with Crippen LogP contribution in [0.3, 0.4) is 0 Å². The predicted molar refractivity (Wildman–Crippen MR) is 86.6 cm³/mol. The number of hydrogen-bond acceptors (Lipinski definition) is 1. The van der Waals surface area contributed by atoms with Gasteiger partial charge < -0.3 is 5.11 Å². The molecule has 0 heterocycles. The summed E-state index contributed by atoms with van der Waals surface area (Å²) >= 11 is 5.89. The lowest BCUT2D eigenvalue weighted by atomic mass is 9.76. The van der Waals surface area contributed by atoms with E-state index in [1.54, 1.807) is 6.08 Å². The highest BCUT2D eigenvalue weighted by Gasteiger charge is 2.26. The fourth-order valence-corrected chi connectivity index (χ4v) is 3.44. The summed E-state index contributed by atoms with van der Waals surface area (Å²) in [5.41, 5.74) is 1.94. The van der Waals surface area contributed by atoms with Gasteiger partial charge in [-0.25, -0.2) is 4.79 Å². The minimum absolute atomic E-state index is 0.249. The second-order valence-corrected chi connectivity index (χ2v) is 6.37. The molecule has 21 heavy (non-hydrogen) atoms. The number of carbonyl (C=O) groups is 1. The van der Waals surface area contributed by atoms with Crippen molar-refractivity contribution in [3.05, 3.63) is 46.5 Å². The summed E-state index contributed by atoms with van der Waals surface area (Å²) < 4.78 is 0. The van der Waals surface area contributed by atoms with Crippen LogP contribution < -0.4 is 0 Å². The molecule has 1 aliphatic carbocycles. The Kier molecular flexibility index (Phi) is 5.86. The van der Waals surface area contributed by atoms with Gasteiger partial charge in [0.05, 0.1) is 0 Å². The van der Waals surface area contributed by atoms with E-state index in [2.05, 4.69) is 12.1 Å². The van der Waals surface area contributed by atoms with Gasteiger partial charge in [0.15, 0.2) is 0 Å². The summed E-state index contributed by atoms with van der Waals surface area (Å²) in [6.07, 6.45) is 8.34. The third-order valence-electron chi connectivity index (χ3n) is 4.60. The number of hydrogen-bond donors (Lipinski definition) is 1. The van der Waals surface area contributed by atoms with Gasteiger partial charge in [-0.2, -0.15) is 0 Å². The maximum absolute atomic E-state index is 11.2. The van der Waals surface area contributed by atoms with Gasteiger partial charge in [-0.3, -0.25) is 0 Å². The van der Waals surface area contributed by atoms with E-state index in [-0.39, 0.29) is 5.92 Å². The maximum atomic E-state index is 11.2. The number of benzene rings is 1. The van der Waals surface area contributed by atoms with Crippen LogP contribution in [0.15, 0.2) is 35.9 Å². The molecule has 0 bridgehead atoms. The van der Waals surface area contributed by atoms with Gasteiger partial charge in [-0.05, 0) is 75.0 Å². The van der Waals surface area contributed by atoms with Gasteiger partial charge in [-0.1, -0.05) is 29.8 Å². The van der Waals surface area contributed by atoms with E-state index >= 15 is 0 Å². The first-order chi connectivity index (χ1) is 10.1. The molecule has 0 aromatic heterocycles. The van der Waals surface area contributed by atoms with E-state index in [0.717, 1.165) is 43.0 Å². The van der Waals surface area contributed by atoms with E-state index in [0.29, 0.717) is 5.57 Å². The molecule has 0 unspecified atom stereocenters. The summed E-state index contributed by atoms with van der Waals surface area (Å²) in [7, 11) is 0. The van der Waals surface area contributed by atoms with E-state index in [1.807, 2.05) is 19.1 Å². The van der Waals surface area contributed by atoms with Crippen molar-refractivity contribution in [2.45, 2.75) is 45.4 Å². The molecule has 1 aromatic rings. The van der Waals surface area contributed by atoms with Gasteiger partial charge in [0.25, 0.3) is 0 Å². The van der Waals surface area contributed by atoms with Crippen LogP contribution in [0, 0.1) is 11.8 Å². The zero-order valence-corrected chi connectivity index (χ0v) is 13.3. The largest absolute Gasteiger partial charge is 0.478 e. The third-order valence-corrected chi connectivity index (χ3v) is 4.85. The first kappa shape index (κ1) is 16.1. The van der Waals surface area contributed by atoms with E-state index < -0.39 is 5.97 Å². The molecule has 0 radical (unpaired) electrons. The van der Waals surface area contributed by atoms with Crippen LogP contribution in [0.2, 0.25) is 5.02 Å². The van der Waals surface area contributed by atoms with Crippen molar-refractivity contribution < 1.29 is 9.90 Å². The monoisotopic (exact) mass is 306 g/mol. The van der Waals surface area contributed by atoms with Crippen molar-refractivity contribution in [3.8, 4) is 0 Å². The molecule has 1 aromatic carbocycles. The summed E-state index contributed by atoms with van der Waals surface area (Å²) in [6, 6.07) is 8.07. The minimum Gasteiger partial charge on any atom is -0.478 e. The zero-order chi connectivity index (χ0) is 15.2. The van der Waals surface area contributed by atoms with Gasteiger partial charge >= 0.3 is 5.97 Å². The molecular weight excluding hydrogens is 284 g/mol. The maximum Gasteiger partial charge on any atom is 0.331 e. The first-order valence-electron chi connectivity index (χ1n) is 7.74. The van der Waals surface area contributed by atoms with E-state index in [9.17, 15) is 9.90 Å². The standard InChI is InChI=1S/C18H23ClO2/c1-2-17(18(20)21)15-9-5-13(6-10-15)3-4-14-7-11-16(19)12-8-14/h2,7-8,11-13,15H,3-6,9-10H2,1H3,(H,20,21). The number of aliphatic carboxylic acids is 1. The number of halogens is 1. The minimum atomic E-state index is -0.748. The molecule has 114 valence electrons. The SMILES string of the molecule is CC=C(C(=O)O)C1CCC(CCc2ccc(Cl)cc2)CC1. The molecule has 1 fully saturated rings. The molecule has 0 amide bonds. The number of carboxylic acid groups (broad SMARTS) is 1. The third kappa shape index (κ3) is 4.60. The molecule has 0 saturated heterocycles. The number of aryl methyl sites for hydroxylation is 1. The van der Waals surface area contributed by atoms with Gasteiger partial charge in [0.2, 0.25) is 0 Å². The highest BCUT2D eigenvalue weighted by Crippen LogP contribution is 2.35. The normalized spacial score (nSPS) is 23.0. The van der Waals surface area contributed by atoms with Crippen LogP contribution in [0.1, 0.15) is 44.6 Å². The highest BCUT2D eigenvalue weighted by atomic mass is 35.5. The van der Waals surface area contributed by atoms with Crippen LogP contribution in [0.25, 0.3) is 0 Å². The highest BCUT2D eigenvalue weighted by molar-refractivity contribution is 6.30. The van der Waals surface area contributed by atoms with Crippen LogP contribution in [0.5, 0.6) is 0 Å². The van der Waals surface area contributed by atoms with Crippen LogP contribution in [-0.2, 0) is 11.2 Å². The Balaban J connectivity index is 1.79. The molecule has 2 rings (SSSR count). The Hall–Kier alpha value is -1.28. The van der Waals surface area contributed by atoms with Crippen molar-refractivity contribution in [3.63, 3.8) is 0 Å². The van der Waals surface area contributed by atoms with Gasteiger partial charge in [-0.15, -0.1) is 0 Å². The molecule has 0 aliphatic heterocycles. The smallest absolute Gasteiger partial charge is 0.331 e. The topological polar surface area (TPSA) is 37.3 Å². The van der Waals surface area contributed by atoms with Crippen LogP contribution >= 0.6 is 11.6 Å². The average Bonchev–Trinajstić information content (AvgIpc) is 2.48.